The third-order valence-electron chi connectivity index (χ3n) is 6.97. The first kappa shape index (κ1) is 23.4. The lowest BCUT2D eigenvalue weighted by Gasteiger charge is -2.33. The number of piperidine rings is 1. The number of aryl methyl sites for hydroxylation is 4. The molecule has 4 aromatic rings. The molecule has 0 radical (unpaired) electrons. The van der Waals surface area contributed by atoms with Crippen LogP contribution in [0.15, 0.2) is 48.5 Å². The van der Waals surface area contributed by atoms with Crippen LogP contribution in [0.5, 0.6) is 0 Å². The van der Waals surface area contributed by atoms with Crippen LogP contribution in [0, 0.1) is 33.6 Å². The minimum absolute atomic E-state index is 0.00438. The van der Waals surface area contributed by atoms with E-state index in [1.807, 2.05) is 54.8 Å². The molecule has 1 fully saturated rings. The molecule has 1 saturated heterocycles. The number of nitrogens with one attached hydrogen (secondary N) is 1. The highest BCUT2D eigenvalue weighted by Crippen LogP contribution is 2.32. The molecule has 35 heavy (non-hydrogen) atoms. The van der Waals surface area contributed by atoms with Crippen molar-refractivity contribution >= 4 is 34.7 Å². The monoisotopic (exact) mass is 487 g/mol. The van der Waals surface area contributed by atoms with Crippen LogP contribution in [-0.4, -0.2) is 33.6 Å². The van der Waals surface area contributed by atoms with Gasteiger partial charge < -0.3 is 10.2 Å². The van der Waals surface area contributed by atoms with Crippen LogP contribution in [0.25, 0.3) is 16.8 Å². The molecule has 0 atom stereocenters. The molecule has 5 rings (SSSR count). The van der Waals surface area contributed by atoms with Crippen LogP contribution < -0.4 is 10.2 Å². The number of amides is 1. The molecular weight excluding hydrogens is 458 g/mol. The Morgan fingerprint density at radius 2 is 1.69 bits per heavy atom. The molecule has 1 aliphatic heterocycles. The molecular formula is C28H30ClN5O. The molecule has 6 nitrogen and oxygen atoms in total. The van der Waals surface area contributed by atoms with E-state index in [2.05, 4.69) is 36.2 Å². The molecule has 0 bridgehead atoms. The Balaban J connectivity index is 1.36. The van der Waals surface area contributed by atoms with Gasteiger partial charge in [-0.2, -0.15) is 9.61 Å². The normalized spacial score (nSPS) is 14.5. The van der Waals surface area contributed by atoms with Crippen molar-refractivity contribution in [2.75, 3.05) is 23.3 Å². The fraction of sp³-hybridized carbons (Fsp3) is 0.321. The van der Waals surface area contributed by atoms with Crippen LogP contribution >= 0.6 is 11.6 Å². The van der Waals surface area contributed by atoms with Gasteiger partial charge in [0.05, 0.1) is 5.69 Å². The fourth-order valence-corrected chi connectivity index (χ4v) is 4.97. The van der Waals surface area contributed by atoms with Crippen LogP contribution in [0.3, 0.4) is 0 Å². The van der Waals surface area contributed by atoms with Crippen LogP contribution in [0.4, 0.5) is 11.5 Å². The predicted octanol–water partition coefficient (Wildman–Crippen LogP) is 6.14. The Bertz CT molecular complexity index is 1400. The summed E-state index contributed by atoms with van der Waals surface area (Å²) in [6.45, 7) is 9.75. The van der Waals surface area contributed by atoms with Crippen molar-refractivity contribution in [2.24, 2.45) is 5.92 Å². The molecule has 0 saturated carbocycles. The highest BCUT2D eigenvalue weighted by Gasteiger charge is 2.27. The summed E-state index contributed by atoms with van der Waals surface area (Å²) >= 11 is 6.10. The molecule has 3 heterocycles. The van der Waals surface area contributed by atoms with Crippen LogP contribution in [0.2, 0.25) is 5.02 Å². The third-order valence-corrected chi connectivity index (χ3v) is 7.22. The molecule has 0 unspecified atom stereocenters. The fourth-order valence-electron chi connectivity index (χ4n) is 4.84. The summed E-state index contributed by atoms with van der Waals surface area (Å²) in [7, 11) is 0. The summed E-state index contributed by atoms with van der Waals surface area (Å²) in [4.78, 5) is 20.1. The number of benzene rings is 2. The predicted molar refractivity (Wildman–Crippen MR) is 142 cm³/mol. The smallest absolute Gasteiger partial charge is 0.227 e. The lowest BCUT2D eigenvalue weighted by atomic mass is 9.95. The quantitative estimate of drug-likeness (QED) is 0.375. The molecule has 2 aromatic carbocycles. The summed E-state index contributed by atoms with van der Waals surface area (Å²) in [5.41, 5.74) is 8.06. The van der Waals surface area contributed by atoms with E-state index in [4.69, 9.17) is 21.7 Å². The van der Waals surface area contributed by atoms with Crippen molar-refractivity contribution in [1.29, 1.82) is 0 Å². The first-order valence-corrected chi connectivity index (χ1v) is 12.4. The molecule has 1 N–H and O–H groups in total. The number of anilines is 2. The molecule has 0 spiro atoms. The Morgan fingerprint density at radius 1 is 0.971 bits per heavy atom. The van der Waals surface area contributed by atoms with Gasteiger partial charge in [0, 0.05) is 47.0 Å². The number of rotatable bonds is 4. The van der Waals surface area contributed by atoms with Crippen LogP contribution in [0.1, 0.15) is 35.4 Å². The largest absolute Gasteiger partial charge is 0.356 e. The van der Waals surface area contributed by atoms with E-state index in [0.717, 1.165) is 65.6 Å². The second-order valence-electron chi connectivity index (χ2n) is 9.51. The number of fused-ring (bicyclic) bond motifs is 1. The van der Waals surface area contributed by atoms with Gasteiger partial charge in [-0.25, -0.2) is 4.98 Å². The lowest BCUT2D eigenvalue weighted by Crippen LogP contribution is -2.39. The first-order chi connectivity index (χ1) is 16.8. The topological polar surface area (TPSA) is 62.5 Å². The maximum absolute atomic E-state index is 12.9. The maximum atomic E-state index is 12.9. The summed E-state index contributed by atoms with van der Waals surface area (Å²) < 4.78 is 1.95. The van der Waals surface area contributed by atoms with Crippen molar-refractivity contribution in [3.63, 3.8) is 0 Å². The number of hydrogen-bond acceptors (Lipinski definition) is 4. The zero-order chi connectivity index (χ0) is 24.7. The van der Waals surface area contributed by atoms with E-state index >= 15 is 0 Å². The minimum Gasteiger partial charge on any atom is -0.356 e. The van der Waals surface area contributed by atoms with Gasteiger partial charge in [-0.15, -0.1) is 0 Å². The maximum Gasteiger partial charge on any atom is 0.227 e. The van der Waals surface area contributed by atoms with Crippen molar-refractivity contribution in [1.82, 2.24) is 14.6 Å². The lowest BCUT2D eigenvalue weighted by molar-refractivity contribution is -0.120. The average molecular weight is 488 g/mol. The summed E-state index contributed by atoms with van der Waals surface area (Å²) in [5.74, 6) is 1.11. The second-order valence-corrected chi connectivity index (χ2v) is 9.94. The van der Waals surface area contributed by atoms with E-state index in [1.165, 1.54) is 11.1 Å². The van der Waals surface area contributed by atoms with Crippen LogP contribution in [-0.2, 0) is 4.79 Å². The Hall–Kier alpha value is -3.38. The van der Waals surface area contributed by atoms with Gasteiger partial charge in [0.15, 0.2) is 5.65 Å². The van der Waals surface area contributed by atoms with E-state index in [-0.39, 0.29) is 11.8 Å². The minimum atomic E-state index is -0.00438. The van der Waals surface area contributed by atoms with Crippen molar-refractivity contribution < 1.29 is 4.79 Å². The Morgan fingerprint density at radius 3 is 2.37 bits per heavy atom. The van der Waals surface area contributed by atoms with Crippen molar-refractivity contribution in [2.45, 2.75) is 40.5 Å². The number of carbonyl (C=O) groups is 1. The Kier molecular flexibility index (Phi) is 6.24. The van der Waals surface area contributed by atoms with E-state index < -0.39 is 0 Å². The number of nitrogens with zero attached hydrogens (tertiary/aromatic N) is 4. The third kappa shape index (κ3) is 4.63. The van der Waals surface area contributed by atoms with Crippen molar-refractivity contribution in [3.05, 3.63) is 76.1 Å². The first-order valence-electron chi connectivity index (χ1n) is 12.1. The van der Waals surface area contributed by atoms with Gasteiger partial charge in [0.1, 0.15) is 5.82 Å². The molecule has 180 valence electrons. The summed E-state index contributed by atoms with van der Waals surface area (Å²) in [6, 6.07) is 16.0. The number of aromatic nitrogens is 3. The van der Waals surface area contributed by atoms with Gasteiger partial charge in [0.2, 0.25) is 5.91 Å². The van der Waals surface area contributed by atoms with Gasteiger partial charge in [-0.05, 0) is 81.5 Å². The van der Waals surface area contributed by atoms with Gasteiger partial charge in [-0.3, -0.25) is 4.79 Å². The van der Waals surface area contributed by atoms with Gasteiger partial charge >= 0.3 is 0 Å². The van der Waals surface area contributed by atoms with Crippen molar-refractivity contribution in [3.8, 4) is 11.1 Å². The molecule has 1 aliphatic rings. The van der Waals surface area contributed by atoms with Gasteiger partial charge in [-0.1, -0.05) is 29.8 Å². The number of halogens is 1. The molecule has 2 aromatic heterocycles. The standard InChI is InChI=1S/C28H30ClN5O/c1-17-5-10-24(15-18(17)2)31-28(35)22-11-13-33(14-12-22)25-16-19(3)30-27-26(20(4)32-34(25)27)21-6-8-23(29)9-7-21/h5-10,15-16,22H,11-14H2,1-4H3,(H,31,35). The Labute approximate surface area is 210 Å². The zero-order valence-corrected chi connectivity index (χ0v) is 21.4. The van der Waals surface area contributed by atoms with E-state index in [1.54, 1.807) is 0 Å². The van der Waals surface area contributed by atoms with E-state index in [9.17, 15) is 4.79 Å². The molecule has 0 aliphatic carbocycles. The highest BCUT2D eigenvalue weighted by molar-refractivity contribution is 6.30. The zero-order valence-electron chi connectivity index (χ0n) is 20.6. The molecule has 1 amide bonds. The van der Waals surface area contributed by atoms with Gasteiger partial charge in [0.25, 0.3) is 0 Å². The summed E-state index contributed by atoms with van der Waals surface area (Å²) in [6.07, 6.45) is 1.59. The number of hydrogen-bond donors (Lipinski definition) is 1. The summed E-state index contributed by atoms with van der Waals surface area (Å²) in [5, 5.41) is 8.67. The van der Waals surface area contributed by atoms with E-state index in [0.29, 0.717) is 5.02 Å². The number of carbonyl (C=O) groups excluding carboxylic acids is 1. The second kappa shape index (κ2) is 9.34. The molecule has 7 heteroatoms. The average Bonchev–Trinajstić information content (AvgIpc) is 3.17. The SMILES string of the molecule is Cc1cc(N2CCC(C(=O)Nc3ccc(C)c(C)c3)CC2)n2nc(C)c(-c3ccc(Cl)cc3)c2n1. The highest BCUT2D eigenvalue weighted by atomic mass is 35.5.